The van der Waals surface area contributed by atoms with E-state index in [1.54, 1.807) is 43.3 Å². The first-order valence-electron chi connectivity index (χ1n) is 12.5. The summed E-state index contributed by atoms with van der Waals surface area (Å²) in [4.78, 5) is 25.1. The first kappa shape index (κ1) is 31.0. The number of carbonyl (C=O) groups excluding carboxylic acids is 2. The van der Waals surface area contributed by atoms with Gasteiger partial charge in [0.2, 0.25) is 10.0 Å². The van der Waals surface area contributed by atoms with Crippen LogP contribution in [0.1, 0.15) is 40.3 Å². The number of hydrogen-bond donors (Lipinski definition) is 1. The zero-order valence-electron chi connectivity index (χ0n) is 21.9. The Morgan fingerprint density at radius 2 is 1.52 bits per heavy atom. The predicted molar refractivity (Wildman–Crippen MR) is 139 cm³/mol. The Kier molecular flexibility index (Phi) is 8.69. The summed E-state index contributed by atoms with van der Waals surface area (Å²) in [5, 5.41) is 1.88. The quantitative estimate of drug-likeness (QED) is 0.265. The van der Waals surface area contributed by atoms with Crippen LogP contribution in [0.15, 0.2) is 71.6 Å². The van der Waals surface area contributed by atoms with Crippen LogP contribution in [-0.4, -0.2) is 37.8 Å². The van der Waals surface area contributed by atoms with Crippen molar-refractivity contribution in [2.24, 2.45) is 0 Å². The molecule has 0 aromatic heterocycles. The predicted octanol–water partition coefficient (Wildman–Crippen LogP) is 5.89. The van der Waals surface area contributed by atoms with E-state index in [1.807, 2.05) is 5.32 Å². The van der Waals surface area contributed by atoms with Crippen molar-refractivity contribution in [3.8, 4) is 0 Å². The van der Waals surface area contributed by atoms with Gasteiger partial charge in [0.15, 0.2) is 6.61 Å². The number of alkyl halides is 6. The molecule has 0 fully saturated rings. The Labute approximate surface area is 237 Å². The molecule has 4 rings (SSSR count). The number of rotatable bonds is 7. The van der Waals surface area contributed by atoms with E-state index in [0.29, 0.717) is 24.1 Å². The second kappa shape index (κ2) is 11.8. The smallest absolute Gasteiger partial charge is 0.416 e. The van der Waals surface area contributed by atoms with Gasteiger partial charge in [0.05, 0.1) is 28.5 Å². The minimum atomic E-state index is -5.12. The fourth-order valence-corrected chi connectivity index (χ4v) is 6.17. The van der Waals surface area contributed by atoms with E-state index in [1.165, 1.54) is 16.4 Å². The molecule has 0 aliphatic carbocycles. The Morgan fingerprint density at radius 3 is 2.12 bits per heavy atom. The van der Waals surface area contributed by atoms with Gasteiger partial charge in [-0.3, -0.25) is 9.59 Å². The molecule has 1 N–H and O–H groups in total. The van der Waals surface area contributed by atoms with Crippen molar-refractivity contribution < 1.29 is 49.1 Å². The summed E-state index contributed by atoms with van der Waals surface area (Å²) in [5.41, 5.74) is -1.84. The summed E-state index contributed by atoms with van der Waals surface area (Å²) in [6.07, 6.45) is -10.4. The Hall–Kier alpha value is -3.91. The van der Waals surface area contributed by atoms with E-state index in [2.05, 4.69) is 0 Å². The zero-order chi connectivity index (χ0) is 30.9. The van der Waals surface area contributed by atoms with Crippen molar-refractivity contribution in [1.29, 1.82) is 0 Å². The number of fused-ring (bicyclic) bond motifs is 1. The van der Waals surface area contributed by atoms with Crippen LogP contribution >= 0.6 is 0 Å². The summed E-state index contributed by atoms with van der Waals surface area (Å²) >= 11 is 0. The SMILES string of the molecule is Cc1ccc(S(=O)(=O)N2CCc3ccccc3[C@H]2CC(=O)OCC(=O)Nc2cc(C(F)(F)F)cc(C(F)(F)F)c2)cc1. The molecule has 7 nitrogen and oxygen atoms in total. The molecule has 1 amide bonds. The number of aryl methyl sites for hydroxylation is 1. The van der Waals surface area contributed by atoms with Crippen molar-refractivity contribution in [2.45, 2.75) is 43.1 Å². The third-order valence-electron chi connectivity index (χ3n) is 6.59. The average Bonchev–Trinajstić information content (AvgIpc) is 2.91. The molecule has 3 aromatic carbocycles. The van der Waals surface area contributed by atoms with E-state index < -0.39 is 70.1 Å². The van der Waals surface area contributed by atoms with Crippen molar-refractivity contribution in [1.82, 2.24) is 4.31 Å². The van der Waals surface area contributed by atoms with Crippen LogP contribution < -0.4 is 5.32 Å². The lowest BCUT2D eigenvalue weighted by atomic mass is 9.92. The van der Waals surface area contributed by atoms with E-state index >= 15 is 0 Å². The lowest BCUT2D eigenvalue weighted by Crippen LogP contribution is -2.41. The van der Waals surface area contributed by atoms with Gasteiger partial charge in [-0.2, -0.15) is 30.6 Å². The molecule has 1 heterocycles. The molecular weight excluding hydrogens is 590 g/mol. The number of halogens is 6. The van der Waals surface area contributed by atoms with E-state index in [-0.39, 0.29) is 17.5 Å². The molecular formula is C28H24F6N2O5S. The lowest BCUT2D eigenvalue weighted by molar-refractivity contribution is -0.148. The van der Waals surface area contributed by atoms with Gasteiger partial charge in [-0.15, -0.1) is 0 Å². The van der Waals surface area contributed by atoms with E-state index in [4.69, 9.17) is 4.74 Å². The highest BCUT2D eigenvalue weighted by Crippen LogP contribution is 2.38. The van der Waals surface area contributed by atoms with Crippen LogP contribution in [0.2, 0.25) is 0 Å². The van der Waals surface area contributed by atoms with Gasteiger partial charge in [-0.25, -0.2) is 8.42 Å². The second-order valence-electron chi connectivity index (χ2n) is 9.60. The zero-order valence-corrected chi connectivity index (χ0v) is 22.7. The molecule has 0 saturated heterocycles. The molecule has 0 unspecified atom stereocenters. The standard InChI is InChI=1S/C28H24F6N2O5S/c1-17-6-8-22(9-7-17)42(39,40)36-11-10-18-4-2-3-5-23(18)24(36)15-26(38)41-16-25(37)35-21-13-19(27(29,30)31)12-20(14-21)28(32,33)34/h2-9,12-14,24H,10-11,15-16H2,1H3,(H,35,37)/t24-/m1/s1. The summed E-state index contributed by atoms with van der Waals surface area (Å²) in [6, 6.07) is 12.6. The highest BCUT2D eigenvalue weighted by molar-refractivity contribution is 7.89. The molecule has 0 radical (unpaired) electrons. The van der Waals surface area contributed by atoms with Gasteiger partial charge in [0, 0.05) is 12.2 Å². The van der Waals surface area contributed by atoms with E-state index in [9.17, 15) is 44.3 Å². The minimum Gasteiger partial charge on any atom is -0.456 e. The summed E-state index contributed by atoms with van der Waals surface area (Å²) in [7, 11) is -4.06. The Balaban J connectivity index is 1.50. The third kappa shape index (κ3) is 7.10. The van der Waals surface area contributed by atoms with Crippen molar-refractivity contribution in [3.05, 3.63) is 94.5 Å². The van der Waals surface area contributed by atoms with Crippen LogP contribution in [0.3, 0.4) is 0 Å². The van der Waals surface area contributed by atoms with Crippen LogP contribution in [0.5, 0.6) is 0 Å². The summed E-state index contributed by atoms with van der Waals surface area (Å²) < 4.78 is 112. The molecule has 1 atom stereocenters. The number of nitrogens with zero attached hydrogens (tertiary/aromatic N) is 1. The average molecular weight is 615 g/mol. The fourth-order valence-electron chi connectivity index (χ4n) is 4.56. The van der Waals surface area contributed by atoms with Gasteiger partial charge in [-0.05, 0) is 54.8 Å². The number of sulfonamides is 1. The monoisotopic (exact) mass is 614 g/mol. The Morgan fingerprint density at radius 1 is 0.929 bits per heavy atom. The Bertz CT molecular complexity index is 1560. The second-order valence-corrected chi connectivity index (χ2v) is 11.5. The molecule has 0 saturated carbocycles. The molecule has 1 aliphatic rings. The third-order valence-corrected chi connectivity index (χ3v) is 8.51. The maximum Gasteiger partial charge on any atom is 0.416 e. The number of ether oxygens (including phenoxy) is 1. The fraction of sp³-hybridized carbons (Fsp3) is 0.286. The molecule has 0 spiro atoms. The highest BCUT2D eigenvalue weighted by atomic mass is 32.2. The van der Waals surface area contributed by atoms with Gasteiger partial charge >= 0.3 is 18.3 Å². The number of hydrogen-bond acceptors (Lipinski definition) is 5. The van der Waals surface area contributed by atoms with Crippen molar-refractivity contribution >= 4 is 27.6 Å². The van der Waals surface area contributed by atoms with Gasteiger partial charge < -0.3 is 10.1 Å². The molecule has 1 aliphatic heterocycles. The van der Waals surface area contributed by atoms with Gasteiger partial charge in [-0.1, -0.05) is 42.0 Å². The van der Waals surface area contributed by atoms with Crippen LogP contribution in [-0.2, 0) is 43.1 Å². The number of nitrogens with one attached hydrogen (secondary N) is 1. The highest BCUT2D eigenvalue weighted by Gasteiger charge is 2.39. The maximum absolute atomic E-state index is 13.5. The molecule has 0 bridgehead atoms. The van der Waals surface area contributed by atoms with Crippen LogP contribution in [0, 0.1) is 6.92 Å². The first-order valence-corrected chi connectivity index (χ1v) is 13.9. The van der Waals surface area contributed by atoms with Crippen molar-refractivity contribution in [2.75, 3.05) is 18.5 Å². The largest absolute Gasteiger partial charge is 0.456 e. The van der Waals surface area contributed by atoms with Gasteiger partial charge in [0.1, 0.15) is 0 Å². The maximum atomic E-state index is 13.5. The normalized spacial score (nSPS) is 16.0. The number of amides is 1. The lowest BCUT2D eigenvalue weighted by Gasteiger charge is -2.36. The topological polar surface area (TPSA) is 92.8 Å². The summed E-state index contributed by atoms with van der Waals surface area (Å²) in [5.74, 6) is -2.19. The van der Waals surface area contributed by atoms with Crippen LogP contribution in [0.25, 0.3) is 0 Å². The molecule has 14 heteroatoms. The van der Waals surface area contributed by atoms with E-state index in [0.717, 1.165) is 11.1 Å². The number of esters is 1. The van der Waals surface area contributed by atoms with Crippen molar-refractivity contribution in [3.63, 3.8) is 0 Å². The minimum absolute atomic E-state index is 0.0181. The van der Waals surface area contributed by atoms with Crippen LogP contribution in [0.4, 0.5) is 32.0 Å². The molecule has 42 heavy (non-hydrogen) atoms. The number of anilines is 1. The molecule has 224 valence electrons. The van der Waals surface area contributed by atoms with Gasteiger partial charge in [0.25, 0.3) is 5.91 Å². The molecule has 3 aromatic rings. The first-order chi connectivity index (χ1) is 19.6. The number of benzene rings is 3. The summed E-state index contributed by atoms with van der Waals surface area (Å²) in [6.45, 7) is 0.822. The number of carbonyl (C=O) groups is 2.